The molecule has 1 saturated heterocycles. The Morgan fingerprint density at radius 2 is 1.90 bits per heavy atom. The summed E-state index contributed by atoms with van der Waals surface area (Å²) in [6, 6.07) is 9.32. The zero-order chi connectivity index (χ0) is 21.8. The lowest BCUT2D eigenvalue weighted by atomic mass is 9.75. The van der Waals surface area contributed by atoms with E-state index in [0.29, 0.717) is 31.8 Å². The van der Waals surface area contributed by atoms with E-state index in [1.807, 2.05) is 41.2 Å². The SMILES string of the molecule is CCC1CCC2(CC1)NC(=O)N(CC(=O)NCc1ccc(Cn3cccn3)cc1)C2=O. The van der Waals surface area contributed by atoms with Gasteiger partial charge in [-0.25, -0.2) is 4.79 Å². The van der Waals surface area contributed by atoms with Crippen molar-refractivity contribution in [3.63, 3.8) is 0 Å². The van der Waals surface area contributed by atoms with E-state index in [9.17, 15) is 14.4 Å². The first kappa shape index (κ1) is 21.1. The predicted molar refractivity (Wildman–Crippen MR) is 115 cm³/mol. The lowest BCUT2D eigenvalue weighted by molar-refractivity contribution is -0.136. The molecular formula is C23H29N5O3. The zero-order valence-electron chi connectivity index (χ0n) is 17.8. The normalized spacial score (nSPS) is 23.3. The van der Waals surface area contributed by atoms with Gasteiger partial charge in [-0.15, -0.1) is 0 Å². The highest BCUT2D eigenvalue weighted by Crippen LogP contribution is 2.37. The number of carbonyl (C=O) groups is 3. The van der Waals surface area contributed by atoms with Crippen molar-refractivity contribution < 1.29 is 14.4 Å². The number of imide groups is 1. The van der Waals surface area contributed by atoms with E-state index in [1.165, 1.54) is 0 Å². The van der Waals surface area contributed by atoms with Gasteiger partial charge in [-0.1, -0.05) is 37.6 Å². The number of rotatable bonds is 7. The molecule has 1 aliphatic carbocycles. The summed E-state index contributed by atoms with van der Waals surface area (Å²) in [7, 11) is 0. The molecule has 164 valence electrons. The Balaban J connectivity index is 1.28. The molecular weight excluding hydrogens is 394 g/mol. The second-order valence-corrected chi connectivity index (χ2v) is 8.55. The van der Waals surface area contributed by atoms with Crippen molar-refractivity contribution >= 4 is 17.8 Å². The molecule has 1 aromatic heterocycles. The Bertz CT molecular complexity index is 931. The molecule has 2 heterocycles. The Hall–Kier alpha value is -3.16. The van der Waals surface area contributed by atoms with E-state index in [0.717, 1.165) is 35.3 Å². The highest BCUT2D eigenvalue weighted by Gasteiger charge is 2.52. The van der Waals surface area contributed by atoms with Crippen LogP contribution in [0.1, 0.15) is 50.2 Å². The number of urea groups is 1. The third kappa shape index (κ3) is 4.62. The fourth-order valence-electron chi connectivity index (χ4n) is 4.48. The zero-order valence-corrected chi connectivity index (χ0v) is 17.8. The molecule has 0 atom stereocenters. The maximum Gasteiger partial charge on any atom is 0.325 e. The molecule has 0 bridgehead atoms. The standard InChI is InChI=1S/C23H29N5O3/c1-2-17-8-10-23(11-9-17)21(30)28(22(31)26-23)16-20(29)24-14-18-4-6-19(7-5-18)15-27-13-3-12-25-27/h3-7,12-13,17H,2,8-11,14-16H2,1H3,(H,24,29)(H,26,31). The summed E-state index contributed by atoms with van der Waals surface area (Å²) in [5.74, 6) is 0.00666. The lowest BCUT2D eigenvalue weighted by Crippen LogP contribution is -2.50. The first-order valence-corrected chi connectivity index (χ1v) is 10.9. The molecule has 31 heavy (non-hydrogen) atoms. The first-order chi connectivity index (χ1) is 15.0. The van der Waals surface area contributed by atoms with Gasteiger partial charge in [-0.2, -0.15) is 5.10 Å². The van der Waals surface area contributed by atoms with Gasteiger partial charge in [0.05, 0.1) is 6.54 Å². The lowest BCUT2D eigenvalue weighted by Gasteiger charge is -2.34. The van der Waals surface area contributed by atoms with Crippen molar-refractivity contribution in [1.29, 1.82) is 0 Å². The van der Waals surface area contributed by atoms with Crippen LogP contribution in [0.25, 0.3) is 0 Å². The van der Waals surface area contributed by atoms with Crippen LogP contribution in [0.4, 0.5) is 4.79 Å². The van der Waals surface area contributed by atoms with Gasteiger partial charge in [0.15, 0.2) is 0 Å². The molecule has 1 saturated carbocycles. The van der Waals surface area contributed by atoms with Crippen LogP contribution in [0.5, 0.6) is 0 Å². The first-order valence-electron chi connectivity index (χ1n) is 10.9. The molecule has 2 fully saturated rings. The maximum atomic E-state index is 12.9. The number of carbonyl (C=O) groups excluding carboxylic acids is 3. The number of nitrogens with zero attached hydrogens (tertiary/aromatic N) is 3. The topological polar surface area (TPSA) is 96.3 Å². The summed E-state index contributed by atoms with van der Waals surface area (Å²) in [6.45, 7) is 2.93. The minimum absolute atomic E-state index is 0.249. The smallest absolute Gasteiger partial charge is 0.325 e. The van der Waals surface area contributed by atoms with Gasteiger partial charge < -0.3 is 10.6 Å². The van der Waals surface area contributed by atoms with Gasteiger partial charge >= 0.3 is 6.03 Å². The minimum atomic E-state index is -0.812. The molecule has 0 unspecified atom stereocenters. The molecule has 1 aliphatic heterocycles. The van der Waals surface area contributed by atoms with Gasteiger partial charge in [0, 0.05) is 18.9 Å². The summed E-state index contributed by atoms with van der Waals surface area (Å²) in [4.78, 5) is 38.8. The van der Waals surface area contributed by atoms with Crippen LogP contribution in [0.2, 0.25) is 0 Å². The average Bonchev–Trinajstić information content (AvgIpc) is 3.36. The van der Waals surface area contributed by atoms with Gasteiger partial charge in [0.2, 0.25) is 5.91 Å². The highest BCUT2D eigenvalue weighted by molar-refractivity contribution is 6.09. The monoisotopic (exact) mass is 423 g/mol. The van der Waals surface area contributed by atoms with Gasteiger partial charge in [0.25, 0.3) is 5.91 Å². The maximum absolute atomic E-state index is 12.9. The van der Waals surface area contributed by atoms with E-state index in [2.05, 4.69) is 22.7 Å². The number of benzene rings is 1. The molecule has 1 spiro atoms. The number of aromatic nitrogens is 2. The second kappa shape index (κ2) is 8.91. The van der Waals surface area contributed by atoms with E-state index in [1.54, 1.807) is 6.20 Å². The van der Waals surface area contributed by atoms with Crippen molar-refractivity contribution in [3.8, 4) is 0 Å². The minimum Gasteiger partial charge on any atom is -0.350 e. The molecule has 2 aromatic rings. The summed E-state index contributed by atoms with van der Waals surface area (Å²) >= 11 is 0. The van der Waals surface area contributed by atoms with Gasteiger partial charge in [0.1, 0.15) is 12.1 Å². The van der Waals surface area contributed by atoms with Crippen molar-refractivity contribution in [3.05, 3.63) is 53.9 Å². The van der Waals surface area contributed by atoms with Crippen LogP contribution in [0.3, 0.4) is 0 Å². The molecule has 2 aliphatic rings. The van der Waals surface area contributed by atoms with Gasteiger partial charge in [-0.05, 0) is 48.8 Å². The summed E-state index contributed by atoms with van der Waals surface area (Å²) in [5, 5.41) is 9.87. The van der Waals surface area contributed by atoms with Crippen molar-refractivity contribution in [2.24, 2.45) is 5.92 Å². The number of hydrogen-bond donors (Lipinski definition) is 2. The molecule has 2 N–H and O–H groups in total. The van der Waals surface area contributed by atoms with E-state index in [-0.39, 0.29) is 18.4 Å². The Kier molecular flexibility index (Phi) is 6.06. The quantitative estimate of drug-likeness (QED) is 0.669. The van der Waals surface area contributed by atoms with Crippen LogP contribution < -0.4 is 10.6 Å². The van der Waals surface area contributed by atoms with E-state index < -0.39 is 11.6 Å². The third-order valence-corrected chi connectivity index (χ3v) is 6.50. The highest BCUT2D eigenvalue weighted by atomic mass is 16.2. The molecule has 8 heteroatoms. The van der Waals surface area contributed by atoms with Crippen molar-refractivity contribution in [2.75, 3.05) is 6.54 Å². The van der Waals surface area contributed by atoms with Crippen LogP contribution in [0, 0.1) is 5.92 Å². The largest absolute Gasteiger partial charge is 0.350 e. The number of amides is 4. The number of hydrogen-bond acceptors (Lipinski definition) is 4. The van der Waals surface area contributed by atoms with Crippen LogP contribution in [-0.4, -0.2) is 44.6 Å². The van der Waals surface area contributed by atoms with Crippen LogP contribution in [-0.2, 0) is 22.7 Å². The molecule has 1 aromatic carbocycles. The summed E-state index contributed by atoms with van der Waals surface area (Å²) in [6.07, 6.45) is 7.90. The van der Waals surface area contributed by atoms with Gasteiger partial charge in [-0.3, -0.25) is 19.2 Å². The van der Waals surface area contributed by atoms with Crippen LogP contribution >= 0.6 is 0 Å². The van der Waals surface area contributed by atoms with Crippen LogP contribution in [0.15, 0.2) is 42.7 Å². The Labute approximate surface area is 182 Å². The summed E-state index contributed by atoms with van der Waals surface area (Å²) in [5.41, 5.74) is 1.25. The fraction of sp³-hybridized carbons (Fsp3) is 0.478. The van der Waals surface area contributed by atoms with E-state index in [4.69, 9.17) is 0 Å². The fourth-order valence-corrected chi connectivity index (χ4v) is 4.48. The molecule has 4 amide bonds. The predicted octanol–water partition coefficient (Wildman–Crippen LogP) is 2.44. The Morgan fingerprint density at radius 1 is 1.19 bits per heavy atom. The second-order valence-electron chi connectivity index (χ2n) is 8.55. The van der Waals surface area contributed by atoms with Crippen molar-refractivity contribution in [2.45, 2.75) is 57.7 Å². The molecule has 0 radical (unpaired) electrons. The molecule has 4 rings (SSSR count). The summed E-state index contributed by atoms with van der Waals surface area (Å²) < 4.78 is 1.84. The number of nitrogens with one attached hydrogen (secondary N) is 2. The Morgan fingerprint density at radius 3 is 2.55 bits per heavy atom. The van der Waals surface area contributed by atoms with E-state index >= 15 is 0 Å². The third-order valence-electron chi connectivity index (χ3n) is 6.50. The average molecular weight is 424 g/mol. The molecule has 8 nitrogen and oxygen atoms in total. The van der Waals surface area contributed by atoms with Crippen molar-refractivity contribution in [1.82, 2.24) is 25.3 Å².